The summed E-state index contributed by atoms with van der Waals surface area (Å²) < 4.78 is 5.83. The molecule has 0 unspecified atom stereocenters. The number of nitrogens with zero attached hydrogens (tertiary/aromatic N) is 1. The predicted octanol–water partition coefficient (Wildman–Crippen LogP) is 4.75. The standard InChI is InChI=1S/C24H25N3O3/c1-17-6-3-7-18(2)23(17)30-15-5-9-22(28)26-20-10-12-21(13-11-20)27-24(29)19-8-4-14-25-16-19/h3-4,6-8,10-14,16H,5,9,15H2,1-2H3,(H,26,28)(H,27,29). The van der Waals surface area contributed by atoms with E-state index in [1.165, 1.54) is 6.20 Å². The van der Waals surface area contributed by atoms with Gasteiger partial charge in [-0.2, -0.15) is 0 Å². The van der Waals surface area contributed by atoms with E-state index in [9.17, 15) is 9.59 Å². The van der Waals surface area contributed by atoms with Crippen molar-refractivity contribution in [2.75, 3.05) is 17.2 Å². The van der Waals surface area contributed by atoms with E-state index in [1.54, 1.807) is 42.6 Å². The van der Waals surface area contributed by atoms with Crippen molar-refractivity contribution in [2.24, 2.45) is 0 Å². The maximum atomic E-state index is 12.2. The van der Waals surface area contributed by atoms with Crippen molar-refractivity contribution in [3.8, 4) is 5.75 Å². The molecule has 0 bridgehead atoms. The Morgan fingerprint density at radius 2 is 1.57 bits per heavy atom. The van der Waals surface area contributed by atoms with Gasteiger partial charge in [-0.1, -0.05) is 18.2 Å². The first-order valence-electron chi connectivity index (χ1n) is 9.83. The van der Waals surface area contributed by atoms with Gasteiger partial charge in [0.05, 0.1) is 12.2 Å². The lowest BCUT2D eigenvalue weighted by molar-refractivity contribution is -0.116. The number of amides is 2. The number of ether oxygens (including phenoxy) is 1. The normalized spacial score (nSPS) is 10.3. The van der Waals surface area contributed by atoms with Crippen molar-refractivity contribution in [3.05, 3.63) is 83.7 Å². The number of aromatic nitrogens is 1. The molecule has 1 heterocycles. The molecule has 3 rings (SSSR count). The third-order valence-electron chi connectivity index (χ3n) is 4.55. The maximum Gasteiger partial charge on any atom is 0.257 e. The molecule has 0 fully saturated rings. The number of nitrogens with one attached hydrogen (secondary N) is 2. The summed E-state index contributed by atoms with van der Waals surface area (Å²) >= 11 is 0. The number of hydrogen-bond donors (Lipinski definition) is 2. The molecule has 6 heteroatoms. The Bertz CT molecular complexity index is 982. The molecule has 2 amide bonds. The van der Waals surface area contributed by atoms with Crippen LogP contribution in [0.25, 0.3) is 0 Å². The fourth-order valence-corrected chi connectivity index (χ4v) is 2.99. The number of anilines is 2. The molecule has 30 heavy (non-hydrogen) atoms. The van der Waals surface area contributed by atoms with Crippen LogP contribution in [0.1, 0.15) is 34.3 Å². The molecule has 6 nitrogen and oxygen atoms in total. The molecule has 0 aliphatic rings. The molecule has 0 radical (unpaired) electrons. The lowest BCUT2D eigenvalue weighted by Gasteiger charge is -2.12. The Balaban J connectivity index is 1.42. The van der Waals surface area contributed by atoms with E-state index in [0.717, 1.165) is 16.9 Å². The molecular weight excluding hydrogens is 378 g/mol. The fourth-order valence-electron chi connectivity index (χ4n) is 2.99. The molecule has 0 atom stereocenters. The van der Waals surface area contributed by atoms with Crippen LogP contribution in [0.2, 0.25) is 0 Å². The molecular formula is C24H25N3O3. The fraction of sp³-hybridized carbons (Fsp3) is 0.208. The zero-order valence-electron chi connectivity index (χ0n) is 17.1. The Morgan fingerprint density at radius 3 is 2.20 bits per heavy atom. The summed E-state index contributed by atoms with van der Waals surface area (Å²) in [5, 5.41) is 5.66. The molecule has 0 aliphatic heterocycles. The zero-order valence-corrected chi connectivity index (χ0v) is 17.1. The van der Waals surface area contributed by atoms with E-state index in [0.29, 0.717) is 36.4 Å². The molecule has 1 aromatic heterocycles. The first-order valence-corrected chi connectivity index (χ1v) is 9.83. The third kappa shape index (κ3) is 5.91. The van der Waals surface area contributed by atoms with Crippen LogP contribution < -0.4 is 15.4 Å². The van der Waals surface area contributed by atoms with E-state index in [-0.39, 0.29) is 11.8 Å². The Morgan fingerprint density at radius 1 is 0.900 bits per heavy atom. The van der Waals surface area contributed by atoms with Gasteiger partial charge in [0, 0.05) is 30.2 Å². The summed E-state index contributed by atoms with van der Waals surface area (Å²) in [4.78, 5) is 28.2. The van der Waals surface area contributed by atoms with Gasteiger partial charge in [-0.05, 0) is 67.8 Å². The van der Waals surface area contributed by atoms with Crippen LogP contribution in [-0.2, 0) is 4.79 Å². The Hall–Kier alpha value is -3.67. The molecule has 0 aliphatic carbocycles. The molecule has 2 N–H and O–H groups in total. The minimum Gasteiger partial charge on any atom is -0.493 e. The molecule has 154 valence electrons. The van der Waals surface area contributed by atoms with E-state index in [4.69, 9.17) is 4.74 Å². The average molecular weight is 403 g/mol. The highest BCUT2D eigenvalue weighted by atomic mass is 16.5. The Kier molecular flexibility index (Phi) is 7.16. The van der Waals surface area contributed by atoms with Crippen LogP contribution in [0.3, 0.4) is 0 Å². The van der Waals surface area contributed by atoms with Crippen LogP contribution in [-0.4, -0.2) is 23.4 Å². The molecule has 2 aromatic carbocycles. The van der Waals surface area contributed by atoms with Gasteiger partial charge in [0.15, 0.2) is 0 Å². The summed E-state index contributed by atoms with van der Waals surface area (Å²) in [6.45, 7) is 4.51. The number of pyridine rings is 1. The van der Waals surface area contributed by atoms with E-state index in [2.05, 4.69) is 15.6 Å². The van der Waals surface area contributed by atoms with E-state index in [1.807, 2.05) is 32.0 Å². The van der Waals surface area contributed by atoms with Crippen molar-refractivity contribution >= 4 is 23.2 Å². The van der Waals surface area contributed by atoms with Crippen LogP contribution >= 0.6 is 0 Å². The summed E-state index contributed by atoms with van der Waals surface area (Å²) in [6, 6.07) is 16.4. The quantitative estimate of drug-likeness (QED) is 0.532. The second-order valence-electron chi connectivity index (χ2n) is 6.99. The van der Waals surface area contributed by atoms with Gasteiger partial charge in [0.2, 0.25) is 5.91 Å². The molecule has 3 aromatic rings. The minimum absolute atomic E-state index is 0.0766. The van der Waals surface area contributed by atoms with Crippen molar-refractivity contribution < 1.29 is 14.3 Å². The molecule has 0 spiro atoms. The Labute approximate surface area is 176 Å². The highest BCUT2D eigenvalue weighted by Gasteiger charge is 2.07. The topological polar surface area (TPSA) is 80.3 Å². The number of para-hydroxylation sites is 1. The average Bonchev–Trinajstić information content (AvgIpc) is 2.75. The van der Waals surface area contributed by atoms with E-state index >= 15 is 0 Å². The number of rotatable bonds is 8. The van der Waals surface area contributed by atoms with Crippen LogP contribution in [0, 0.1) is 13.8 Å². The van der Waals surface area contributed by atoms with Crippen LogP contribution in [0.4, 0.5) is 11.4 Å². The number of hydrogen-bond acceptors (Lipinski definition) is 4. The third-order valence-corrected chi connectivity index (χ3v) is 4.55. The summed E-state index contributed by atoms with van der Waals surface area (Å²) in [5.74, 6) is 0.581. The zero-order chi connectivity index (χ0) is 21.3. The van der Waals surface area contributed by atoms with Crippen molar-refractivity contribution in [1.82, 2.24) is 4.98 Å². The largest absolute Gasteiger partial charge is 0.493 e. The number of benzene rings is 2. The van der Waals surface area contributed by atoms with Gasteiger partial charge < -0.3 is 15.4 Å². The van der Waals surface area contributed by atoms with Gasteiger partial charge in [-0.3, -0.25) is 14.6 Å². The SMILES string of the molecule is Cc1cccc(C)c1OCCCC(=O)Nc1ccc(NC(=O)c2cccnc2)cc1. The highest BCUT2D eigenvalue weighted by molar-refractivity contribution is 6.04. The van der Waals surface area contributed by atoms with Gasteiger partial charge >= 0.3 is 0 Å². The first kappa shape index (κ1) is 21.0. The van der Waals surface area contributed by atoms with Crippen molar-refractivity contribution in [1.29, 1.82) is 0 Å². The monoisotopic (exact) mass is 403 g/mol. The second kappa shape index (κ2) is 10.2. The van der Waals surface area contributed by atoms with Crippen LogP contribution in [0.5, 0.6) is 5.75 Å². The number of aryl methyl sites for hydroxylation is 2. The van der Waals surface area contributed by atoms with Gasteiger partial charge in [-0.15, -0.1) is 0 Å². The van der Waals surface area contributed by atoms with Gasteiger partial charge in [0.25, 0.3) is 5.91 Å². The predicted molar refractivity (Wildman–Crippen MR) is 118 cm³/mol. The molecule has 0 saturated carbocycles. The molecule has 0 saturated heterocycles. The summed E-state index contributed by atoms with van der Waals surface area (Å²) in [5.41, 5.74) is 3.99. The summed E-state index contributed by atoms with van der Waals surface area (Å²) in [6.07, 6.45) is 4.11. The number of carbonyl (C=O) groups excluding carboxylic acids is 2. The summed E-state index contributed by atoms with van der Waals surface area (Å²) in [7, 11) is 0. The van der Waals surface area contributed by atoms with Gasteiger partial charge in [0.1, 0.15) is 5.75 Å². The van der Waals surface area contributed by atoms with Crippen molar-refractivity contribution in [2.45, 2.75) is 26.7 Å². The highest BCUT2D eigenvalue weighted by Crippen LogP contribution is 2.22. The van der Waals surface area contributed by atoms with Crippen LogP contribution in [0.15, 0.2) is 67.0 Å². The van der Waals surface area contributed by atoms with E-state index < -0.39 is 0 Å². The van der Waals surface area contributed by atoms with Crippen molar-refractivity contribution in [3.63, 3.8) is 0 Å². The smallest absolute Gasteiger partial charge is 0.257 e. The van der Waals surface area contributed by atoms with Gasteiger partial charge in [-0.25, -0.2) is 0 Å². The lowest BCUT2D eigenvalue weighted by Crippen LogP contribution is -2.14. The number of carbonyl (C=O) groups is 2. The second-order valence-corrected chi connectivity index (χ2v) is 6.99. The first-order chi connectivity index (χ1) is 14.5. The maximum absolute atomic E-state index is 12.2. The minimum atomic E-state index is -0.233. The lowest BCUT2D eigenvalue weighted by atomic mass is 10.1.